The fraction of sp³-hybridized carbons (Fsp3) is 0.615. The van der Waals surface area contributed by atoms with E-state index in [1.165, 1.54) is 12.0 Å². The fourth-order valence-corrected chi connectivity index (χ4v) is 3.62. The predicted octanol–water partition coefficient (Wildman–Crippen LogP) is 2.94. The van der Waals surface area contributed by atoms with Crippen LogP contribution in [0.15, 0.2) is 15.9 Å². The Hall–Kier alpha value is -0.390. The quantitative estimate of drug-likeness (QED) is 0.750. The molecule has 0 atom stereocenters. The second kappa shape index (κ2) is 5.72. The second-order valence-corrected chi connectivity index (χ2v) is 6.90. The number of thiophene rings is 1. The Morgan fingerprint density at radius 3 is 2.83 bits per heavy atom. The highest BCUT2D eigenvalue weighted by atomic mass is 79.9. The van der Waals surface area contributed by atoms with E-state index in [9.17, 15) is 4.79 Å². The zero-order chi connectivity index (χ0) is 13.2. The maximum Gasteiger partial charge on any atom is 0.313 e. The van der Waals surface area contributed by atoms with Gasteiger partial charge in [-0.25, -0.2) is 0 Å². The van der Waals surface area contributed by atoms with Gasteiger partial charge in [0.1, 0.15) is 0 Å². The van der Waals surface area contributed by atoms with E-state index in [0.717, 1.165) is 36.8 Å². The van der Waals surface area contributed by atoms with Crippen molar-refractivity contribution in [3.63, 3.8) is 0 Å². The minimum absolute atomic E-state index is 0.0479. The molecule has 1 saturated carbocycles. The molecular formula is C13H18BrNO2S. The predicted molar refractivity (Wildman–Crippen MR) is 76.9 cm³/mol. The topological polar surface area (TPSA) is 29.5 Å². The van der Waals surface area contributed by atoms with Crippen molar-refractivity contribution in [2.75, 3.05) is 27.2 Å². The molecule has 5 heteroatoms. The fourth-order valence-electron chi connectivity index (χ4n) is 2.18. The molecule has 1 fully saturated rings. The minimum Gasteiger partial charge on any atom is -0.469 e. The van der Waals surface area contributed by atoms with E-state index in [1.807, 2.05) is 0 Å². The summed E-state index contributed by atoms with van der Waals surface area (Å²) in [7, 11) is 3.55. The van der Waals surface area contributed by atoms with Crippen molar-refractivity contribution in [3.05, 3.63) is 20.8 Å². The summed E-state index contributed by atoms with van der Waals surface area (Å²) < 4.78 is 6.03. The largest absolute Gasteiger partial charge is 0.469 e. The Bertz CT molecular complexity index is 428. The lowest BCUT2D eigenvalue weighted by molar-refractivity contribution is -0.147. The van der Waals surface area contributed by atoms with Crippen LogP contribution in [0.5, 0.6) is 0 Å². The van der Waals surface area contributed by atoms with Gasteiger partial charge in [-0.2, -0.15) is 0 Å². The van der Waals surface area contributed by atoms with E-state index < -0.39 is 0 Å². The maximum absolute atomic E-state index is 11.7. The number of halogens is 1. The minimum atomic E-state index is -0.209. The van der Waals surface area contributed by atoms with Crippen molar-refractivity contribution >= 4 is 33.2 Å². The molecule has 0 aromatic carbocycles. The molecule has 0 aliphatic heterocycles. The number of hydrogen-bond acceptors (Lipinski definition) is 4. The highest BCUT2D eigenvalue weighted by Gasteiger charge is 2.51. The van der Waals surface area contributed by atoms with Crippen LogP contribution in [0.4, 0.5) is 0 Å². The third kappa shape index (κ3) is 3.33. The van der Waals surface area contributed by atoms with Crippen LogP contribution in [-0.2, 0) is 16.0 Å². The van der Waals surface area contributed by atoms with Crippen LogP contribution in [0, 0.1) is 5.41 Å². The van der Waals surface area contributed by atoms with Gasteiger partial charge in [0.15, 0.2) is 0 Å². The second-order valence-electron chi connectivity index (χ2n) is 4.99. The van der Waals surface area contributed by atoms with E-state index in [0.29, 0.717) is 0 Å². The molecule has 1 aromatic rings. The molecule has 0 radical (unpaired) electrons. The van der Waals surface area contributed by atoms with Gasteiger partial charge in [-0.05, 0) is 48.3 Å². The molecule has 18 heavy (non-hydrogen) atoms. The van der Waals surface area contributed by atoms with Crippen LogP contribution in [0.3, 0.4) is 0 Å². The lowest BCUT2D eigenvalue weighted by atomic mass is 10.1. The van der Waals surface area contributed by atoms with Gasteiger partial charge >= 0.3 is 5.97 Å². The SMILES string of the molecule is COC(=O)C1(CN(C)CCc2cc(Br)cs2)CC1. The van der Waals surface area contributed by atoms with Crippen molar-refractivity contribution < 1.29 is 9.53 Å². The normalized spacial score (nSPS) is 16.9. The van der Waals surface area contributed by atoms with Crippen LogP contribution < -0.4 is 0 Å². The first-order chi connectivity index (χ1) is 8.55. The van der Waals surface area contributed by atoms with Gasteiger partial charge in [0.05, 0.1) is 12.5 Å². The summed E-state index contributed by atoms with van der Waals surface area (Å²) in [5.41, 5.74) is -0.209. The molecule has 0 unspecified atom stereocenters. The van der Waals surface area contributed by atoms with E-state index in [1.54, 1.807) is 11.3 Å². The first kappa shape index (κ1) is 14.0. The van der Waals surface area contributed by atoms with Crippen molar-refractivity contribution in [2.45, 2.75) is 19.3 Å². The van der Waals surface area contributed by atoms with Crippen LogP contribution in [0.25, 0.3) is 0 Å². The van der Waals surface area contributed by atoms with Crippen LogP contribution in [0.2, 0.25) is 0 Å². The van der Waals surface area contributed by atoms with Gasteiger partial charge in [0, 0.05) is 27.8 Å². The number of likely N-dealkylation sites (N-methyl/N-ethyl adjacent to an activating group) is 1. The number of ether oxygens (including phenoxy) is 1. The molecular weight excluding hydrogens is 314 g/mol. The highest BCUT2D eigenvalue weighted by Crippen LogP contribution is 2.47. The molecule has 1 aromatic heterocycles. The van der Waals surface area contributed by atoms with Gasteiger partial charge in [-0.1, -0.05) is 0 Å². The number of rotatable bonds is 6. The molecule has 1 aliphatic carbocycles. The van der Waals surface area contributed by atoms with E-state index in [-0.39, 0.29) is 11.4 Å². The molecule has 0 N–H and O–H groups in total. The van der Waals surface area contributed by atoms with Crippen LogP contribution >= 0.6 is 27.3 Å². The zero-order valence-electron chi connectivity index (χ0n) is 10.7. The number of hydrogen-bond donors (Lipinski definition) is 0. The molecule has 0 spiro atoms. The van der Waals surface area contributed by atoms with Gasteiger partial charge in [-0.3, -0.25) is 4.79 Å². The highest BCUT2D eigenvalue weighted by molar-refractivity contribution is 9.10. The van der Waals surface area contributed by atoms with E-state index in [2.05, 4.69) is 39.3 Å². The van der Waals surface area contributed by atoms with Crippen molar-refractivity contribution in [1.29, 1.82) is 0 Å². The maximum atomic E-state index is 11.7. The molecule has 0 saturated heterocycles. The summed E-state index contributed by atoms with van der Waals surface area (Å²) in [6.07, 6.45) is 2.97. The van der Waals surface area contributed by atoms with Gasteiger partial charge in [-0.15, -0.1) is 11.3 Å². The Balaban J connectivity index is 1.79. The number of carbonyl (C=O) groups is 1. The van der Waals surface area contributed by atoms with E-state index in [4.69, 9.17) is 4.74 Å². The average Bonchev–Trinajstić information content (AvgIpc) is 3.01. The number of carbonyl (C=O) groups excluding carboxylic acids is 1. The Morgan fingerprint density at radius 1 is 1.61 bits per heavy atom. The molecule has 0 bridgehead atoms. The molecule has 2 rings (SSSR count). The molecule has 1 heterocycles. The van der Waals surface area contributed by atoms with Gasteiger partial charge in [0.2, 0.25) is 0 Å². The van der Waals surface area contributed by atoms with Gasteiger partial charge in [0.25, 0.3) is 0 Å². The number of nitrogens with zero attached hydrogens (tertiary/aromatic N) is 1. The van der Waals surface area contributed by atoms with Crippen molar-refractivity contribution in [1.82, 2.24) is 4.90 Å². The monoisotopic (exact) mass is 331 g/mol. The summed E-state index contributed by atoms with van der Waals surface area (Å²) in [6, 6.07) is 2.16. The van der Waals surface area contributed by atoms with Crippen LogP contribution in [-0.4, -0.2) is 38.1 Å². The summed E-state index contributed by atoms with van der Waals surface area (Å²) >= 11 is 5.23. The summed E-state index contributed by atoms with van der Waals surface area (Å²) in [5.74, 6) is -0.0479. The van der Waals surface area contributed by atoms with Crippen LogP contribution in [0.1, 0.15) is 17.7 Å². The Morgan fingerprint density at radius 2 is 2.33 bits per heavy atom. The lowest BCUT2D eigenvalue weighted by Crippen LogP contribution is -2.33. The lowest BCUT2D eigenvalue weighted by Gasteiger charge is -2.21. The molecule has 0 amide bonds. The number of methoxy groups -OCH3 is 1. The standard InChI is InChI=1S/C13H18BrNO2S/c1-15(6-3-11-7-10(14)8-18-11)9-13(4-5-13)12(16)17-2/h7-8H,3-6,9H2,1-2H3. The molecule has 100 valence electrons. The van der Waals surface area contributed by atoms with E-state index >= 15 is 0 Å². The third-order valence-electron chi connectivity index (χ3n) is 3.41. The number of esters is 1. The van der Waals surface area contributed by atoms with Crippen molar-refractivity contribution in [2.24, 2.45) is 5.41 Å². The zero-order valence-corrected chi connectivity index (χ0v) is 13.1. The van der Waals surface area contributed by atoms with Crippen molar-refractivity contribution in [3.8, 4) is 0 Å². The summed E-state index contributed by atoms with van der Waals surface area (Å²) in [4.78, 5) is 15.3. The molecule has 1 aliphatic rings. The Labute approximate surface area is 120 Å². The van der Waals surface area contributed by atoms with Gasteiger partial charge < -0.3 is 9.64 Å². The summed E-state index contributed by atoms with van der Waals surface area (Å²) in [6.45, 7) is 1.79. The summed E-state index contributed by atoms with van der Waals surface area (Å²) in [5, 5.41) is 2.10. The molecule has 3 nitrogen and oxygen atoms in total. The Kier molecular flexibility index (Phi) is 4.45. The smallest absolute Gasteiger partial charge is 0.313 e. The first-order valence-electron chi connectivity index (χ1n) is 6.06. The third-order valence-corrected chi connectivity index (χ3v) is 5.16. The average molecular weight is 332 g/mol. The first-order valence-corrected chi connectivity index (χ1v) is 7.73.